The van der Waals surface area contributed by atoms with Gasteiger partial charge in [0, 0.05) is 13.2 Å². The molecule has 1 N–H and O–H groups in total. The molecule has 2 rings (SSSR count). The fourth-order valence-electron chi connectivity index (χ4n) is 1.89. The number of anilines is 1. The summed E-state index contributed by atoms with van der Waals surface area (Å²) in [4.78, 5) is 16.1. The van der Waals surface area contributed by atoms with Crippen LogP contribution in [0.5, 0.6) is 0 Å². The summed E-state index contributed by atoms with van der Waals surface area (Å²) >= 11 is 0. The van der Waals surface area contributed by atoms with Crippen LogP contribution in [0.4, 0.5) is 5.82 Å². The van der Waals surface area contributed by atoms with E-state index in [2.05, 4.69) is 24.1 Å². The topological polar surface area (TPSA) is 42.0 Å². The maximum atomic E-state index is 12.0. The number of rotatable bonds is 4. The Bertz CT molecular complexity index is 538. The Morgan fingerprint density at radius 2 is 1.95 bits per heavy atom. The first kappa shape index (κ1) is 13.3. The molecule has 0 saturated carbocycles. The fraction of sp³-hybridized carbons (Fsp3) is 0.250. The van der Waals surface area contributed by atoms with Crippen molar-refractivity contribution in [2.24, 2.45) is 5.92 Å². The highest BCUT2D eigenvalue weighted by molar-refractivity contribution is 6.03. The lowest BCUT2D eigenvalue weighted by Gasteiger charge is -2.07. The van der Waals surface area contributed by atoms with Gasteiger partial charge in [0.25, 0.3) is 5.91 Å². The van der Waals surface area contributed by atoms with E-state index in [4.69, 9.17) is 0 Å². The van der Waals surface area contributed by atoms with E-state index in [9.17, 15) is 4.79 Å². The Morgan fingerprint density at radius 1 is 1.21 bits per heavy atom. The molecular weight excluding hydrogens is 236 g/mol. The second-order valence-electron chi connectivity index (χ2n) is 4.96. The summed E-state index contributed by atoms with van der Waals surface area (Å²) in [5.74, 6) is 1.06. The number of pyridine rings is 1. The van der Waals surface area contributed by atoms with Gasteiger partial charge < -0.3 is 5.32 Å². The number of aromatic nitrogens is 1. The number of nitrogens with one attached hydrogen (secondary N) is 1. The van der Waals surface area contributed by atoms with Crippen LogP contribution in [0.25, 0.3) is 0 Å². The van der Waals surface area contributed by atoms with Crippen LogP contribution in [0.2, 0.25) is 0 Å². The highest BCUT2D eigenvalue weighted by atomic mass is 16.1. The minimum Gasteiger partial charge on any atom is -0.307 e. The first-order valence-electron chi connectivity index (χ1n) is 6.46. The first-order chi connectivity index (χ1) is 9.15. The van der Waals surface area contributed by atoms with Crippen molar-refractivity contribution < 1.29 is 6.22 Å². The molecule has 0 fully saturated rings. The summed E-state index contributed by atoms with van der Waals surface area (Å²) in [6, 6.07) is 13.2. The molecular formula is C16H20N2O. The highest BCUT2D eigenvalue weighted by Gasteiger charge is 2.06. The van der Waals surface area contributed by atoms with Gasteiger partial charge in [0.2, 0.25) is 0 Å². The van der Waals surface area contributed by atoms with Crippen LogP contribution in [0, 0.1) is 5.92 Å². The van der Waals surface area contributed by atoms with E-state index in [0.717, 1.165) is 6.42 Å². The summed E-state index contributed by atoms with van der Waals surface area (Å²) in [5.41, 5.74) is 1.91. The molecule has 1 aromatic carbocycles. The molecule has 3 nitrogen and oxygen atoms in total. The predicted molar refractivity (Wildman–Crippen MR) is 79.3 cm³/mol. The van der Waals surface area contributed by atoms with Crippen molar-refractivity contribution in [1.82, 2.24) is 4.98 Å². The minimum absolute atomic E-state index is 0. The van der Waals surface area contributed by atoms with E-state index in [1.807, 2.05) is 36.4 Å². The van der Waals surface area contributed by atoms with Gasteiger partial charge >= 0.3 is 0 Å². The summed E-state index contributed by atoms with van der Waals surface area (Å²) in [6.45, 7) is 4.36. The van der Waals surface area contributed by atoms with Crippen LogP contribution < -0.4 is 5.32 Å². The number of amides is 1. The SMILES string of the molecule is CC(C)Cc1ccc(C(=O)Nc2ccccn2)cc1.[HH]. The van der Waals surface area contributed by atoms with Crippen molar-refractivity contribution in [3.63, 3.8) is 0 Å². The van der Waals surface area contributed by atoms with Gasteiger partial charge in [0.05, 0.1) is 0 Å². The molecule has 1 aromatic heterocycles. The van der Waals surface area contributed by atoms with Gasteiger partial charge in [-0.25, -0.2) is 4.98 Å². The van der Waals surface area contributed by atoms with E-state index in [-0.39, 0.29) is 7.33 Å². The van der Waals surface area contributed by atoms with Gasteiger partial charge in [-0.05, 0) is 42.2 Å². The van der Waals surface area contributed by atoms with Gasteiger partial charge in [0.15, 0.2) is 0 Å². The molecule has 1 amide bonds. The van der Waals surface area contributed by atoms with Crippen molar-refractivity contribution in [3.8, 4) is 0 Å². The largest absolute Gasteiger partial charge is 0.307 e. The smallest absolute Gasteiger partial charge is 0.256 e. The molecule has 3 heteroatoms. The predicted octanol–water partition coefficient (Wildman–Crippen LogP) is 3.78. The van der Waals surface area contributed by atoms with Gasteiger partial charge in [-0.3, -0.25) is 4.79 Å². The van der Waals surface area contributed by atoms with Crippen LogP contribution in [0.15, 0.2) is 48.7 Å². The Balaban J connectivity index is 0.00000200. The molecule has 0 aliphatic heterocycles. The van der Waals surface area contributed by atoms with Crippen LogP contribution in [0.3, 0.4) is 0 Å². The maximum absolute atomic E-state index is 12.0. The third kappa shape index (κ3) is 3.91. The number of carbonyl (C=O) groups is 1. The first-order valence-corrected chi connectivity index (χ1v) is 6.46. The molecule has 0 saturated heterocycles. The van der Waals surface area contributed by atoms with E-state index in [0.29, 0.717) is 17.3 Å². The van der Waals surface area contributed by atoms with Crippen LogP contribution in [0.1, 0.15) is 31.2 Å². The fourth-order valence-corrected chi connectivity index (χ4v) is 1.89. The van der Waals surface area contributed by atoms with Crippen molar-refractivity contribution in [1.29, 1.82) is 0 Å². The molecule has 0 aliphatic rings. The van der Waals surface area contributed by atoms with E-state index in [1.54, 1.807) is 12.3 Å². The lowest BCUT2D eigenvalue weighted by atomic mass is 10.0. The van der Waals surface area contributed by atoms with Gasteiger partial charge in [-0.2, -0.15) is 0 Å². The van der Waals surface area contributed by atoms with Gasteiger partial charge in [-0.1, -0.05) is 32.0 Å². The third-order valence-electron chi connectivity index (χ3n) is 2.77. The second-order valence-corrected chi connectivity index (χ2v) is 4.96. The summed E-state index contributed by atoms with van der Waals surface area (Å²) < 4.78 is 0. The molecule has 2 aromatic rings. The van der Waals surface area contributed by atoms with E-state index < -0.39 is 0 Å². The Hall–Kier alpha value is -2.16. The Morgan fingerprint density at radius 3 is 2.53 bits per heavy atom. The normalized spacial score (nSPS) is 10.5. The van der Waals surface area contributed by atoms with Crippen molar-refractivity contribution in [2.75, 3.05) is 5.32 Å². The Kier molecular flexibility index (Phi) is 4.29. The summed E-state index contributed by atoms with van der Waals surface area (Å²) in [6.07, 6.45) is 2.68. The summed E-state index contributed by atoms with van der Waals surface area (Å²) in [5, 5.41) is 2.77. The molecule has 0 atom stereocenters. The third-order valence-corrected chi connectivity index (χ3v) is 2.77. The highest BCUT2D eigenvalue weighted by Crippen LogP contribution is 2.11. The second kappa shape index (κ2) is 6.14. The molecule has 0 radical (unpaired) electrons. The number of hydrogen-bond donors (Lipinski definition) is 1. The average Bonchev–Trinajstić information content (AvgIpc) is 2.40. The molecule has 0 aliphatic carbocycles. The average molecular weight is 256 g/mol. The minimum atomic E-state index is -0.130. The zero-order valence-corrected chi connectivity index (χ0v) is 11.3. The molecule has 1 heterocycles. The van der Waals surface area contributed by atoms with Crippen LogP contribution in [-0.2, 0) is 6.42 Å². The van der Waals surface area contributed by atoms with Gasteiger partial charge in [-0.15, -0.1) is 0 Å². The van der Waals surface area contributed by atoms with Crippen LogP contribution >= 0.6 is 0 Å². The summed E-state index contributed by atoms with van der Waals surface area (Å²) in [7, 11) is 0. The monoisotopic (exact) mass is 256 g/mol. The standard InChI is InChI=1S/C16H18N2O.H2/c1-12(2)11-13-6-8-14(9-7-13)16(19)18-15-5-3-4-10-17-15;/h3-10,12H,11H2,1-2H3,(H,17,18,19);1H. The lowest BCUT2D eigenvalue weighted by molar-refractivity contribution is 0.102. The number of benzene rings is 1. The van der Waals surface area contributed by atoms with E-state index >= 15 is 0 Å². The van der Waals surface area contributed by atoms with Crippen molar-refractivity contribution in [3.05, 3.63) is 59.8 Å². The van der Waals surface area contributed by atoms with Crippen molar-refractivity contribution >= 4 is 11.7 Å². The maximum Gasteiger partial charge on any atom is 0.256 e. The number of carbonyl (C=O) groups excluding carboxylic acids is 1. The zero-order chi connectivity index (χ0) is 13.7. The molecule has 0 bridgehead atoms. The quantitative estimate of drug-likeness (QED) is 0.904. The Labute approximate surface area is 115 Å². The van der Waals surface area contributed by atoms with Crippen LogP contribution in [-0.4, -0.2) is 10.9 Å². The molecule has 19 heavy (non-hydrogen) atoms. The van der Waals surface area contributed by atoms with E-state index in [1.165, 1.54) is 5.56 Å². The molecule has 0 unspecified atom stereocenters. The number of nitrogens with zero attached hydrogens (tertiary/aromatic N) is 1. The molecule has 100 valence electrons. The number of hydrogen-bond acceptors (Lipinski definition) is 2. The van der Waals surface area contributed by atoms with Crippen molar-refractivity contribution in [2.45, 2.75) is 20.3 Å². The van der Waals surface area contributed by atoms with Gasteiger partial charge in [0.1, 0.15) is 5.82 Å². The lowest BCUT2D eigenvalue weighted by Crippen LogP contribution is -2.12. The molecule has 0 spiro atoms. The zero-order valence-electron chi connectivity index (χ0n) is 11.3.